The third-order valence-electron chi connectivity index (χ3n) is 5.57. The molecule has 1 aromatic carbocycles. The minimum Gasteiger partial charge on any atom is -0.354 e. The number of carbonyl (C=O) groups excluding carboxylic acids is 1. The molecule has 1 fully saturated rings. The van der Waals surface area contributed by atoms with E-state index < -0.39 is 18.0 Å². The van der Waals surface area contributed by atoms with Gasteiger partial charge < -0.3 is 10.2 Å². The number of halogens is 3. The van der Waals surface area contributed by atoms with Gasteiger partial charge in [-0.05, 0) is 49.1 Å². The molecule has 1 amide bonds. The minimum absolute atomic E-state index is 0.0610. The molecule has 0 radical (unpaired) electrons. The van der Waals surface area contributed by atoms with Crippen molar-refractivity contribution in [2.45, 2.75) is 31.5 Å². The summed E-state index contributed by atoms with van der Waals surface area (Å²) >= 11 is 0. The number of benzene rings is 1. The molecule has 0 spiro atoms. The predicted octanol–water partition coefficient (Wildman–Crippen LogP) is 3.76. The Hall–Kier alpha value is -4.00. The van der Waals surface area contributed by atoms with Gasteiger partial charge in [-0.1, -0.05) is 12.1 Å². The van der Waals surface area contributed by atoms with E-state index in [1.807, 2.05) is 12.1 Å². The van der Waals surface area contributed by atoms with E-state index in [9.17, 15) is 18.0 Å². The molecule has 174 valence electrons. The van der Waals surface area contributed by atoms with Crippen molar-refractivity contribution in [2.75, 3.05) is 18.0 Å². The molecule has 34 heavy (non-hydrogen) atoms. The number of rotatable bonds is 6. The Balaban J connectivity index is 1.51. The first-order chi connectivity index (χ1) is 16.3. The van der Waals surface area contributed by atoms with Gasteiger partial charge in [0.25, 0.3) is 0 Å². The van der Waals surface area contributed by atoms with E-state index in [2.05, 4.69) is 26.3 Å². The fourth-order valence-corrected chi connectivity index (χ4v) is 3.88. The number of nitrogens with zero attached hydrogens (tertiary/aromatic N) is 5. The highest BCUT2D eigenvalue weighted by atomic mass is 19.4. The number of pyridine rings is 1. The lowest BCUT2D eigenvalue weighted by Crippen LogP contribution is -2.44. The van der Waals surface area contributed by atoms with Gasteiger partial charge in [0.1, 0.15) is 11.9 Å². The smallest absolute Gasteiger partial charge is 0.354 e. The summed E-state index contributed by atoms with van der Waals surface area (Å²) in [5.74, 6) is -1.46. The van der Waals surface area contributed by atoms with Crippen molar-refractivity contribution in [3.63, 3.8) is 0 Å². The molecule has 0 bridgehead atoms. The molecule has 1 saturated heterocycles. The van der Waals surface area contributed by atoms with Crippen LogP contribution in [0.4, 0.5) is 19.0 Å². The van der Waals surface area contributed by atoms with Crippen LogP contribution in [0.25, 0.3) is 11.3 Å². The van der Waals surface area contributed by atoms with Crippen LogP contribution in [0.3, 0.4) is 0 Å². The summed E-state index contributed by atoms with van der Waals surface area (Å²) in [5, 5.41) is 11.7. The van der Waals surface area contributed by atoms with Crippen LogP contribution in [-0.2, 0) is 17.4 Å². The monoisotopic (exact) mass is 466 g/mol. The molecule has 0 saturated carbocycles. The SMILES string of the molecule is N#Cc1ccc(CCNC(=O)[C@@H]2CCCN2c2cc(-c3cccnc3)nc(C(F)(F)F)n2)cc1. The lowest BCUT2D eigenvalue weighted by molar-refractivity contribution is -0.144. The molecule has 4 rings (SSSR count). The summed E-state index contributed by atoms with van der Waals surface area (Å²) in [6.45, 7) is 0.780. The van der Waals surface area contributed by atoms with Crippen molar-refractivity contribution in [2.24, 2.45) is 0 Å². The zero-order chi connectivity index (χ0) is 24.1. The van der Waals surface area contributed by atoms with Gasteiger partial charge in [0.2, 0.25) is 11.7 Å². The van der Waals surface area contributed by atoms with Crippen molar-refractivity contribution in [1.29, 1.82) is 5.26 Å². The Labute approximate surface area is 194 Å². The zero-order valence-electron chi connectivity index (χ0n) is 18.1. The van der Waals surface area contributed by atoms with E-state index in [1.165, 1.54) is 18.5 Å². The molecule has 10 heteroatoms. The number of anilines is 1. The average molecular weight is 466 g/mol. The quantitative estimate of drug-likeness (QED) is 0.595. The highest BCUT2D eigenvalue weighted by molar-refractivity contribution is 5.85. The van der Waals surface area contributed by atoms with Crippen LogP contribution in [0.5, 0.6) is 0 Å². The average Bonchev–Trinajstić information content (AvgIpc) is 3.34. The van der Waals surface area contributed by atoms with Gasteiger partial charge in [0.05, 0.1) is 17.3 Å². The molecule has 7 nitrogen and oxygen atoms in total. The highest BCUT2D eigenvalue weighted by Gasteiger charge is 2.38. The third-order valence-corrected chi connectivity index (χ3v) is 5.57. The van der Waals surface area contributed by atoms with Crippen LogP contribution >= 0.6 is 0 Å². The van der Waals surface area contributed by atoms with Crippen LogP contribution in [0, 0.1) is 11.3 Å². The maximum atomic E-state index is 13.5. The lowest BCUT2D eigenvalue weighted by atomic mass is 10.1. The van der Waals surface area contributed by atoms with Crippen molar-refractivity contribution < 1.29 is 18.0 Å². The normalized spacial score (nSPS) is 15.7. The van der Waals surface area contributed by atoms with Gasteiger partial charge in [-0.2, -0.15) is 18.4 Å². The Kier molecular flexibility index (Phi) is 6.72. The molecule has 3 heterocycles. The summed E-state index contributed by atoms with van der Waals surface area (Å²) in [5.41, 5.74) is 2.05. The third kappa shape index (κ3) is 5.31. The molecule has 0 unspecified atom stereocenters. The van der Waals surface area contributed by atoms with E-state index in [4.69, 9.17) is 5.26 Å². The first-order valence-corrected chi connectivity index (χ1v) is 10.8. The van der Waals surface area contributed by atoms with Crippen molar-refractivity contribution in [3.8, 4) is 17.3 Å². The fourth-order valence-electron chi connectivity index (χ4n) is 3.88. The number of hydrogen-bond acceptors (Lipinski definition) is 6. The molecule has 0 aliphatic carbocycles. The van der Waals surface area contributed by atoms with E-state index in [0.29, 0.717) is 43.5 Å². The number of nitrogens with one attached hydrogen (secondary N) is 1. The Bertz CT molecular complexity index is 1190. The summed E-state index contributed by atoms with van der Waals surface area (Å²) in [7, 11) is 0. The Morgan fingerprint density at radius 1 is 1.21 bits per heavy atom. The van der Waals surface area contributed by atoms with Gasteiger partial charge >= 0.3 is 6.18 Å². The molecule has 1 aliphatic rings. The summed E-state index contributed by atoms with van der Waals surface area (Å²) in [4.78, 5) is 25.9. The topological polar surface area (TPSA) is 94.8 Å². The first-order valence-electron chi connectivity index (χ1n) is 10.8. The largest absolute Gasteiger partial charge is 0.451 e. The first kappa shape index (κ1) is 23.2. The number of carbonyl (C=O) groups is 1. The predicted molar refractivity (Wildman–Crippen MR) is 119 cm³/mol. The van der Waals surface area contributed by atoms with Crippen LogP contribution in [-0.4, -0.2) is 40.0 Å². The molecule has 2 aromatic heterocycles. The summed E-state index contributed by atoms with van der Waals surface area (Å²) in [6, 6.07) is 13.2. The lowest BCUT2D eigenvalue weighted by Gasteiger charge is -2.26. The Morgan fingerprint density at radius 2 is 2.00 bits per heavy atom. The van der Waals surface area contributed by atoms with Crippen molar-refractivity contribution in [1.82, 2.24) is 20.3 Å². The molecular weight excluding hydrogens is 445 g/mol. The minimum atomic E-state index is -4.73. The van der Waals surface area contributed by atoms with Gasteiger partial charge in [-0.25, -0.2) is 9.97 Å². The van der Waals surface area contributed by atoms with Crippen LogP contribution in [0.1, 0.15) is 29.8 Å². The number of amides is 1. The standard InChI is InChI=1S/C24H21F3N6O/c25-24(26,27)23-31-19(18-3-1-10-29-15-18)13-21(32-23)33-12-2-4-20(33)22(34)30-11-9-16-5-7-17(14-28)8-6-16/h1,3,5-8,10,13,15,20H,2,4,9,11-12H2,(H,30,34)/t20-/m0/s1. The highest BCUT2D eigenvalue weighted by Crippen LogP contribution is 2.33. The summed E-state index contributed by atoms with van der Waals surface area (Å²) in [6.07, 6.45) is -0.0389. The number of alkyl halides is 3. The van der Waals surface area contributed by atoms with Crippen LogP contribution in [0.15, 0.2) is 54.9 Å². The van der Waals surface area contributed by atoms with Gasteiger partial charge in [-0.3, -0.25) is 9.78 Å². The number of aromatic nitrogens is 3. The second-order valence-corrected chi connectivity index (χ2v) is 7.88. The second-order valence-electron chi connectivity index (χ2n) is 7.88. The molecule has 1 aliphatic heterocycles. The Morgan fingerprint density at radius 3 is 2.68 bits per heavy atom. The number of hydrogen-bond donors (Lipinski definition) is 1. The van der Waals surface area contributed by atoms with Crippen molar-refractivity contribution in [3.05, 3.63) is 71.8 Å². The zero-order valence-corrected chi connectivity index (χ0v) is 18.1. The molecule has 1 atom stereocenters. The van der Waals surface area contributed by atoms with E-state index in [-0.39, 0.29) is 17.4 Å². The molecule has 1 N–H and O–H groups in total. The summed E-state index contributed by atoms with van der Waals surface area (Å²) < 4.78 is 40.6. The molecule has 3 aromatic rings. The second kappa shape index (κ2) is 9.87. The van der Waals surface area contributed by atoms with Gasteiger partial charge in [0.15, 0.2) is 0 Å². The van der Waals surface area contributed by atoms with Gasteiger partial charge in [-0.15, -0.1) is 0 Å². The molecular formula is C24H21F3N6O. The van der Waals surface area contributed by atoms with Crippen molar-refractivity contribution >= 4 is 11.7 Å². The maximum absolute atomic E-state index is 13.5. The van der Waals surface area contributed by atoms with E-state index >= 15 is 0 Å². The maximum Gasteiger partial charge on any atom is 0.451 e. The van der Waals surface area contributed by atoms with E-state index in [1.54, 1.807) is 29.2 Å². The van der Waals surface area contributed by atoms with Crippen LogP contribution < -0.4 is 10.2 Å². The van der Waals surface area contributed by atoms with E-state index in [0.717, 1.165) is 5.56 Å². The van der Waals surface area contributed by atoms with Gasteiger partial charge in [0, 0.05) is 37.1 Å². The fraction of sp³-hybridized carbons (Fsp3) is 0.292. The number of nitriles is 1. The van der Waals surface area contributed by atoms with Crippen LogP contribution in [0.2, 0.25) is 0 Å².